The summed E-state index contributed by atoms with van der Waals surface area (Å²) in [5.74, 6) is 0.547. The van der Waals surface area contributed by atoms with Gasteiger partial charge in [0.05, 0.1) is 6.54 Å². The summed E-state index contributed by atoms with van der Waals surface area (Å²) in [5, 5.41) is 2.83. The van der Waals surface area contributed by atoms with Gasteiger partial charge in [0.2, 0.25) is 0 Å². The van der Waals surface area contributed by atoms with Crippen LogP contribution in [0.25, 0.3) is 0 Å². The molecule has 2 heterocycles. The second kappa shape index (κ2) is 5.78. The number of amides is 3. The molecule has 6 heteroatoms. The van der Waals surface area contributed by atoms with E-state index in [2.05, 4.69) is 10.3 Å². The number of hydrogen-bond donors (Lipinski definition) is 1. The molecule has 126 valence electrons. The number of urea groups is 1. The minimum atomic E-state index is -1.07. The highest BCUT2D eigenvalue weighted by molar-refractivity contribution is 6.07. The van der Waals surface area contributed by atoms with E-state index < -0.39 is 11.6 Å². The highest BCUT2D eigenvalue weighted by atomic mass is 16.3. The van der Waals surface area contributed by atoms with Crippen molar-refractivity contribution in [1.29, 1.82) is 0 Å². The van der Waals surface area contributed by atoms with Gasteiger partial charge in [-0.3, -0.25) is 9.69 Å². The lowest BCUT2D eigenvalue weighted by Crippen LogP contribution is -2.41. The Kier molecular flexibility index (Phi) is 3.91. The molecular formula is C18H21N3O3. The summed E-state index contributed by atoms with van der Waals surface area (Å²) in [4.78, 5) is 30.8. The summed E-state index contributed by atoms with van der Waals surface area (Å²) >= 11 is 0. The van der Waals surface area contributed by atoms with E-state index in [0.717, 1.165) is 11.1 Å². The van der Waals surface area contributed by atoms with Crippen LogP contribution in [-0.4, -0.2) is 21.8 Å². The Morgan fingerprint density at radius 3 is 2.67 bits per heavy atom. The molecule has 0 spiro atoms. The number of nitrogens with zero attached hydrogens (tertiary/aromatic N) is 2. The van der Waals surface area contributed by atoms with Crippen LogP contribution >= 0.6 is 0 Å². The fourth-order valence-corrected chi connectivity index (χ4v) is 3.17. The first-order valence-corrected chi connectivity index (χ1v) is 7.97. The third kappa shape index (κ3) is 2.48. The standard InChI is InChI=1S/C18H21N3O3/c1-11(2)15-14(19-10-24-15)9-21-16(22)18(4,20-17(21)23)13-8-6-5-7-12(13)3/h5-8,10-11H,9H2,1-4H3,(H,20,23)/t18-/m0/s1. The van der Waals surface area contributed by atoms with Crippen LogP contribution in [0.4, 0.5) is 4.79 Å². The maximum atomic E-state index is 13.0. The molecule has 1 aliphatic rings. The first-order valence-electron chi connectivity index (χ1n) is 7.97. The van der Waals surface area contributed by atoms with Crippen molar-refractivity contribution in [1.82, 2.24) is 15.2 Å². The zero-order valence-corrected chi connectivity index (χ0v) is 14.3. The Hall–Kier alpha value is -2.63. The average Bonchev–Trinajstić information content (AvgIpc) is 3.07. The number of imide groups is 1. The van der Waals surface area contributed by atoms with Crippen molar-refractivity contribution in [3.8, 4) is 0 Å². The summed E-state index contributed by atoms with van der Waals surface area (Å²) < 4.78 is 5.38. The molecule has 3 rings (SSSR count). The summed E-state index contributed by atoms with van der Waals surface area (Å²) in [6.07, 6.45) is 1.35. The van der Waals surface area contributed by atoms with Crippen molar-refractivity contribution < 1.29 is 14.0 Å². The van der Waals surface area contributed by atoms with Gasteiger partial charge in [0.25, 0.3) is 5.91 Å². The van der Waals surface area contributed by atoms with Gasteiger partial charge < -0.3 is 9.73 Å². The molecule has 0 saturated carbocycles. The fraction of sp³-hybridized carbons (Fsp3) is 0.389. The van der Waals surface area contributed by atoms with E-state index >= 15 is 0 Å². The quantitative estimate of drug-likeness (QED) is 0.876. The van der Waals surface area contributed by atoms with E-state index in [0.29, 0.717) is 11.5 Å². The number of hydrogen-bond acceptors (Lipinski definition) is 4. The molecule has 2 aromatic rings. The number of aromatic nitrogens is 1. The fourth-order valence-electron chi connectivity index (χ4n) is 3.17. The molecule has 1 N–H and O–H groups in total. The van der Waals surface area contributed by atoms with Gasteiger partial charge >= 0.3 is 6.03 Å². The zero-order valence-electron chi connectivity index (χ0n) is 14.3. The molecule has 1 aromatic carbocycles. The Morgan fingerprint density at radius 2 is 2.00 bits per heavy atom. The van der Waals surface area contributed by atoms with Crippen molar-refractivity contribution in [2.75, 3.05) is 0 Å². The van der Waals surface area contributed by atoms with Gasteiger partial charge in [0.15, 0.2) is 6.39 Å². The molecule has 24 heavy (non-hydrogen) atoms. The van der Waals surface area contributed by atoms with Crippen molar-refractivity contribution in [2.45, 2.75) is 45.7 Å². The van der Waals surface area contributed by atoms with Crippen LogP contribution in [0.15, 0.2) is 35.1 Å². The Bertz CT molecular complexity index is 796. The smallest absolute Gasteiger partial charge is 0.325 e. The third-order valence-electron chi connectivity index (χ3n) is 4.46. The summed E-state index contributed by atoms with van der Waals surface area (Å²) in [5.41, 5.74) is 1.31. The maximum Gasteiger partial charge on any atom is 0.325 e. The minimum Gasteiger partial charge on any atom is -0.448 e. The van der Waals surface area contributed by atoms with Gasteiger partial charge in [0, 0.05) is 5.92 Å². The normalized spacial score (nSPS) is 20.8. The molecule has 0 aliphatic carbocycles. The van der Waals surface area contributed by atoms with Crippen LogP contribution in [-0.2, 0) is 16.9 Å². The predicted octanol–water partition coefficient (Wildman–Crippen LogP) is 3.07. The van der Waals surface area contributed by atoms with E-state index in [4.69, 9.17) is 4.42 Å². The lowest BCUT2D eigenvalue weighted by Gasteiger charge is -2.24. The molecule has 1 saturated heterocycles. The van der Waals surface area contributed by atoms with Gasteiger partial charge in [-0.25, -0.2) is 9.78 Å². The number of benzene rings is 1. The number of aryl methyl sites for hydroxylation is 1. The van der Waals surface area contributed by atoms with Crippen molar-refractivity contribution in [3.05, 3.63) is 53.2 Å². The van der Waals surface area contributed by atoms with Gasteiger partial charge in [-0.1, -0.05) is 38.1 Å². The second-order valence-corrected chi connectivity index (χ2v) is 6.58. The van der Waals surface area contributed by atoms with Gasteiger partial charge in [-0.05, 0) is 25.0 Å². The first kappa shape index (κ1) is 16.2. The van der Waals surface area contributed by atoms with Crippen molar-refractivity contribution in [3.63, 3.8) is 0 Å². The highest BCUT2D eigenvalue weighted by Gasteiger charge is 2.49. The molecule has 1 aliphatic heterocycles. The monoisotopic (exact) mass is 327 g/mol. The van der Waals surface area contributed by atoms with Crippen LogP contribution < -0.4 is 5.32 Å². The van der Waals surface area contributed by atoms with E-state index in [1.807, 2.05) is 45.0 Å². The van der Waals surface area contributed by atoms with Crippen LogP contribution in [0.3, 0.4) is 0 Å². The minimum absolute atomic E-state index is 0.107. The number of rotatable bonds is 4. The number of nitrogens with one attached hydrogen (secondary N) is 1. The lowest BCUT2D eigenvalue weighted by atomic mass is 9.88. The largest absolute Gasteiger partial charge is 0.448 e. The first-order chi connectivity index (χ1) is 11.3. The topological polar surface area (TPSA) is 75.4 Å². The Morgan fingerprint density at radius 1 is 1.29 bits per heavy atom. The van der Waals surface area contributed by atoms with Gasteiger partial charge in [-0.15, -0.1) is 0 Å². The predicted molar refractivity (Wildman–Crippen MR) is 88.2 cm³/mol. The van der Waals surface area contributed by atoms with Crippen LogP contribution in [0.1, 0.15) is 49.3 Å². The van der Waals surface area contributed by atoms with Crippen LogP contribution in [0.5, 0.6) is 0 Å². The van der Waals surface area contributed by atoms with Crippen molar-refractivity contribution >= 4 is 11.9 Å². The molecule has 6 nitrogen and oxygen atoms in total. The number of carbonyl (C=O) groups is 2. The second-order valence-electron chi connectivity index (χ2n) is 6.58. The van der Waals surface area contributed by atoms with Gasteiger partial charge in [-0.2, -0.15) is 0 Å². The van der Waals surface area contributed by atoms with Crippen LogP contribution in [0, 0.1) is 6.92 Å². The molecule has 0 bridgehead atoms. The summed E-state index contributed by atoms with van der Waals surface area (Å²) in [7, 11) is 0. The van der Waals surface area contributed by atoms with E-state index in [9.17, 15) is 9.59 Å². The SMILES string of the molecule is Cc1ccccc1[C@]1(C)NC(=O)N(Cc2ncoc2C(C)C)C1=O. The molecule has 0 unspecified atom stereocenters. The van der Waals surface area contributed by atoms with Crippen LogP contribution in [0.2, 0.25) is 0 Å². The molecule has 3 amide bonds. The van der Waals surface area contributed by atoms with E-state index in [1.54, 1.807) is 6.92 Å². The van der Waals surface area contributed by atoms with Crippen molar-refractivity contribution in [2.24, 2.45) is 0 Å². The maximum absolute atomic E-state index is 13.0. The molecule has 0 radical (unpaired) electrons. The molecule has 1 fully saturated rings. The third-order valence-corrected chi connectivity index (χ3v) is 4.46. The Balaban J connectivity index is 1.92. The zero-order chi connectivity index (χ0) is 17.5. The average molecular weight is 327 g/mol. The summed E-state index contributed by atoms with van der Waals surface area (Å²) in [6.45, 7) is 7.73. The molecule has 1 atom stereocenters. The highest BCUT2D eigenvalue weighted by Crippen LogP contribution is 2.32. The summed E-state index contributed by atoms with van der Waals surface area (Å²) in [6, 6.07) is 7.16. The number of oxazole rings is 1. The molecule has 1 aromatic heterocycles. The lowest BCUT2D eigenvalue weighted by molar-refractivity contribution is -0.131. The van der Waals surface area contributed by atoms with Gasteiger partial charge in [0.1, 0.15) is 17.0 Å². The molecular weight excluding hydrogens is 306 g/mol. The van der Waals surface area contributed by atoms with E-state index in [-0.39, 0.29) is 18.4 Å². The Labute approximate surface area is 140 Å². The number of carbonyl (C=O) groups excluding carboxylic acids is 2. The van der Waals surface area contributed by atoms with E-state index in [1.165, 1.54) is 11.3 Å².